The van der Waals surface area contributed by atoms with Gasteiger partial charge in [0.25, 0.3) is 0 Å². The van der Waals surface area contributed by atoms with Crippen LogP contribution < -0.4 is 5.32 Å². The summed E-state index contributed by atoms with van der Waals surface area (Å²) in [5, 5.41) is 12.2. The lowest BCUT2D eigenvalue weighted by Crippen LogP contribution is -2.31. The molecule has 0 aromatic heterocycles. The maximum atomic E-state index is 12.0. The molecule has 29 heavy (non-hydrogen) atoms. The molecule has 0 fully saturated rings. The second-order valence-electron chi connectivity index (χ2n) is 7.50. The molecule has 1 amide bonds. The van der Waals surface area contributed by atoms with E-state index in [1.165, 1.54) is 22.3 Å². The van der Waals surface area contributed by atoms with E-state index in [0.717, 1.165) is 30.4 Å². The zero-order valence-corrected chi connectivity index (χ0v) is 16.3. The van der Waals surface area contributed by atoms with Crippen molar-refractivity contribution in [2.75, 3.05) is 0 Å². The number of carbonyl (C=O) groups excluding carboxylic acids is 1. The number of amides is 1. The molecule has 3 aromatic carbocycles. The van der Waals surface area contributed by atoms with Crippen molar-refractivity contribution >= 4 is 11.9 Å². The van der Waals surface area contributed by atoms with Crippen molar-refractivity contribution in [3.05, 3.63) is 106 Å². The summed E-state index contributed by atoms with van der Waals surface area (Å²) in [5.41, 5.74) is 7.48. The van der Waals surface area contributed by atoms with E-state index in [4.69, 9.17) is 5.11 Å². The van der Waals surface area contributed by atoms with E-state index in [9.17, 15) is 9.59 Å². The van der Waals surface area contributed by atoms with Gasteiger partial charge in [0.1, 0.15) is 0 Å². The Hall–Kier alpha value is -3.40. The van der Waals surface area contributed by atoms with Gasteiger partial charge in [0, 0.05) is 6.92 Å². The molecule has 1 unspecified atom stereocenters. The van der Waals surface area contributed by atoms with Gasteiger partial charge in [-0.05, 0) is 64.8 Å². The predicted octanol–water partition coefficient (Wildman–Crippen LogP) is 4.30. The number of hydrogen-bond donors (Lipinski definition) is 2. The zero-order valence-electron chi connectivity index (χ0n) is 16.3. The van der Waals surface area contributed by atoms with Gasteiger partial charge in [-0.3, -0.25) is 4.79 Å². The number of aromatic carboxylic acids is 1. The van der Waals surface area contributed by atoms with Gasteiger partial charge in [-0.15, -0.1) is 0 Å². The van der Waals surface area contributed by atoms with Crippen LogP contribution in [0.3, 0.4) is 0 Å². The number of fused-ring (bicyclic) bond motifs is 2. The van der Waals surface area contributed by atoms with E-state index >= 15 is 0 Å². The van der Waals surface area contributed by atoms with E-state index in [0.29, 0.717) is 5.56 Å². The molecule has 4 heteroatoms. The minimum atomic E-state index is -0.912. The zero-order chi connectivity index (χ0) is 20.4. The molecule has 1 atom stereocenters. The lowest BCUT2D eigenvalue weighted by Gasteiger charge is -2.31. The Morgan fingerprint density at radius 1 is 0.931 bits per heavy atom. The number of nitrogens with one attached hydrogen (secondary N) is 1. The van der Waals surface area contributed by atoms with Gasteiger partial charge in [0.2, 0.25) is 5.91 Å². The second kappa shape index (κ2) is 7.92. The van der Waals surface area contributed by atoms with Gasteiger partial charge >= 0.3 is 5.97 Å². The largest absolute Gasteiger partial charge is 0.478 e. The van der Waals surface area contributed by atoms with E-state index in [1.54, 1.807) is 19.1 Å². The Labute approximate surface area is 170 Å². The molecule has 1 aliphatic rings. The summed E-state index contributed by atoms with van der Waals surface area (Å²) in [7, 11) is 0. The van der Waals surface area contributed by atoms with Crippen LogP contribution in [0, 0.1) is 0 Å². The van der Waals surface area contributed by atoms with Crippen LogP contribution in [-0.2, 0) is 24.1 Å². The fraction of sp³-hybridized carbons (Fsp3) is 0.200. The molecule has 3 aromatic rings. The Balaban J connectivity index is 1.65. The van der Waals surface area contributed by atoms with E-state index < -0.39 is 5.97 Å². The van der Waals surface area contributed by atoms with Crippen molar-refractivity contribution in [2.24, 2.45) is 0 Å². The normalized spacial score (nSPS) is 14.6. The number of aryl methyl sites for hydroxylation is 2. The Kier molecular flexibility index (Phi) is 5.17. The molecule has 2 N–H and O–H groups in total. The van der Waals surface area contributed by atoms with E-state index in [2.05, 4.69) is 35.6 Å². The highest BCUT2D eigenvalue weighted by Gasteiger charge is 2.27. The van der Waals surface area contributed by atoms with Crippen LogP contribution >= 0.6 is 0 Å². The van der Waals surface area contributed by atoms with Crippen molar-refractivity contribution in [1.29, 1.82) is 0 Å². The van der Waals surface area contributed by atoms with Gasteiger partial charge in [-0.1, -0.05) is 54.6 Å². The number of benzene rings is 3. The van der Waals surface area contributed by atoms with Crippen LogP contribution in [0.1, 0.15) is 56.7 Å². The topological polar surface area (TPSA) is 66.4 Å². The summed E-state index contributed by atoms with van der Waals surface area (Å²) in [4.78, 5) is 23.0. The first-order valence-corrected chi connectivity index (χ1v) is 9.80. The van der Waals surface area contributed by atoms with Crippen LogP contribution in [-0.4, -0.2) is 17.0 Å². The van der Waals surface area contributed by atoms with Crippen molar-refractivity contribution in [3.8, 4) is 0 Å². The molecule has 0 heterocycles. The van der Waals surface area contributed by atoms with Crippen LogP contribution in [0.25, 0.3) is 0 Å². The third kappa shape index (κ3) is 3.92. The minimum Gasteiger partial charge on any atom is -0.478 e. The third-order valence-corrected chi connectivity index (χ3v) is 5.55. The van der Waals surface area contributed by atoms with E-state index in [1.807, 2.05) is 24.3 Å². The van der Waals surface area contributed by atoms with Crippen molar-refractivity contribution in [2.45, 2.75) is 32.2 Å². The summed E-state index contributed by atoms with van der Waals surface area (Å²) in [6, 6.07) is 21.5. The fourth-order valence-electron chi connectivity index (χ4n) is 4.19. The summed E-state index contributed by atoms with van der Waals surface area (Å²) in [6.45, 7) is 1.56. The predicted molar refractivity (Wildman–Crippen MR) is 112 cm³/mol. The summed E-state index contributed by atoms with van der Waals surface area (Å²) in [5.74, 6) is -0.956. The average molecular weight is 385 g/mol. The first-order valence-electron chi connectivity index (χ1n) is 9.80. The maximum absolute atomic E-state index is 12.0. The summed E-state index contributed by atoms with van der Waals surface area (Å²) < 4.78 is 0. The number of hydrogen-bond acceptors (Lipinski definition) is 2. The first kappa shape index (κ1) is 18.9. The molecule has 0 aliphatic heterocycles. The lowest BCUT2D eigenvalue weighted by molar-refractivity contribution is -0.119. The lowest BCUT2D eigenvalue weighted by atomic mass is 9.79. The maximum Gasteiger partial charge on any atom is 0.335 e. The molecule has 4 nitrogen and oxygen atoms in total. The van der Waals surface area contributed by atoms with Crippen molar-refractivity contribution in [3.63, 3.8) is 0 Å². The molecular formula is C25H23NO3. The SMILES string of the molecule is CC(=O)NC1c2ccccc2Cc2cccc(CCc3ccc(C(=O)O)cc3)c21. The van der Waals surface area contributed by atoms with Gasteiger partial charge < -0.3 is 10.4 Å². The molecule has 0 saturated heterocycles. The molecule has 1 aliphatic carbocycles. The van der Waals surface area contributed by atoms with Crippen LogP contribution in [0.2, 0.25) is 0 Å². The number of carbonyl (C=O) groups is 2. The minimum absolute atomic E-state index is 0.0447. The molecule has 0 saturated carbocycles. The molecule has 0 radical (unpaired) electrons. The smallest absolute Gasteiger partial charge is 0.335 e. The van der Waals surface area contributed by atoms with Crippen molar-refractivity contribution in [1.82, 2.24) is 5.32 Å². The Bertz CT molecular complexity index is 1070. The quantitative estimate of drug-likeness (QED) is 0.688. The van der Waals surface area contributed by atoms with Gasteiger partial charge in [-0.2, -0.15) is 0 Å². The summed E-state index contributed by atoms with van der Waals surface area (Å²) in [6.07, 6.45) is 2.50. The summed E-state index contributed by atoms with van der Waals surface area (Å²) >= 11 is 0. The number of carboxylic acid groups (broad SMARTS) is 1. The van der Waals surface area contributed by atoms with Crippen LogP contribution in [0.4, 0.5) is 0 Å². The molecule has 4 rings (SSSR count). The monoisotopic (exact) mass is 385 g/mol. The van der Waals surface area contributed by atoms with Crippen molar-refractivity contribution < 1.29 is 14.7 Å². The van der Waals surface area contributed by atoms with Gasteiger partial charge in [0.05, 0.1) is 11.6 Å². The molecular weight excluding hydrogens is 362 g/mol. The van der Waals surface area contributed by atoms with Gasteiger partial charge in [-0.25, -0.2) is 4.79 Å². The van der Waals surface area contributed by atoms with Crippen LogP contribution in [0.15, 0.2) is 66.7 Å². The Morgan fingerprint density at radius 2 is 1.66 bits per heavy atom. The highest BCUT2D eigenvalue weighted by molar-refractivity contribution is 5.87. The standard InChI is InChI=1S/C25H23NO3/c1-16(27)26-24-22-8-3-2-5-20(22)15-21-7-4-6-18(23(21)24)12-9-17-10-13-19(14-11-17)25(28)29/h2-8,10-11,13-14,24H,9,12,15H2,1H3,(H,26,27)(H,28,29). The first-order chi connectivity index (χ1) is 14.0. The van der Waals surface area contributed by atoms with Crippen LogP contribution in [0.5, 0.6) is 0 Å². The third-order valence-electron chi connectivity index (χ3n) is 5.55. The van der Waals surface area contributed by atoms with E-state index in [-0.39, 0.29) is 11.9 Å². The molecule has 0 bridgehead atoms. The second-order valence-corrected chi connectivity index (χ2v) is 7.50. The molecule has 0 spiro atoms. The number of rotatable bonds is 5. The fourth-order valence-corrected chi connectivity index (χ4v) is 4.19. The average Bonchev–Trinajstić information content (AvgIpc) is 2.72. The highest BCUT2D eigenvalue weighted by atomic mass is 16.4. The Morgan fingerprint density at radius 3 is 2.38 bits per heavy atom. The number of carboxylic acids is 1. The van der Waals surface area contributed by atoms with Gasteiger partial charge in [0.15, 0.2) is 0 Å². The highest BCUT2D eigenvalue weighted by Crippen LogP contribution is 2.37. The molecule has 146 valence electrons.